The third-order valence-electron chi connectivity index (χ3n) is 2.29. The summed E-state index contributed by atoms with van der Waals surface area (Å²) >= 11 is 0. The Hall–Kier alpha value is -0.0800. The van der Waals surface area contributed by atoms with Crippen molar-refractivity contribution in [1.29, 1.82) is 0 Å². The Morgan fingerprint density at radius 2 is 1.10 bits per heavy atom. The highest BCUT2D eigenvalue weighted by atomic mass is 16.5. The van der Waals surface area contributed by atoms with Crippen LogP contribution in [0.4, 0.5) is 0 Å². The number of methoxy groups -OCH3 is 2. The van der Waals surface area contributed by atoms with Crippen LogP contribution in [0.5, 0.6) is 0 Å². The van der Waals surface area contributed by atoms with Gasteiger partial charge in [0, 0.05) is 14.2 Å². The molecule has 0 heterocycles. The van der Waals surface area contributed by atoms with Crippen molar-refractivity contribution >= 4 is 0 Å². The summed E-state index contributed by atoms with van der Waals surface area (Å²) in [5.74, 6) is 0. The van der Waals surface area contributed by atoms with Gasteiger partial charge in [0.1, 0.15) is 0 Å². The fourth-order valence-electron chi connectivity index (χ4n) is 1.50. The quantitative estimate of drug-likeness (QED) is 0.586. The highest BCUT2D eigenvalue weighted by molar-refractivity contribution is 4.71. The zero-order valence-electron chi connectivity index (χ0n) is 6.80. The molecule has 0 aliphatic heterocycles. The van der Waals surface area contributed by atoms with Crippen molar-refractivity contribution < 1.29 is 9.47 Å². The lowest BCUT2D eigenvalue weighted by molar-refractivity contribution is 0.00454. The van der Waals surface area contributed by atoms with Gasteiger partial charge in [0.05, 0.1) is 12.2 Å². The molecule has 0 spiro atoms. The Kier molecular flexibility index (Phi) is 3.16. The fourth-order valence-corrected chi connectivity index (χ4v) is 1.50. The van der Waals surface area contributed by atoms with Gasteiger partial charge < -0.3 is 9.47 Å². The minimum Gasteiger partial charge on any atom is -0.381 e. The smallest absolute Gasteiger partial charge is 0.0573 e. The average Bonchev–Trinajstić information content (AvgIpc) is 2.05. The maximum absolute atomic E-state index is 5.23. The Balaban J connectivity index is 2.17. The van der Waals surface area contributed by atoms with E-state index in [0.29, 0.717) is 12.2 Å². The minimum atomic E-state index is 0.492. The molecule has 0 amide bonds. The maximum atomic E-state index is 5.23. The third kappa shape index (κ3) is 1.96. The van der Waals surface area contributed by atoms with Gasteiger partial charge in [0.15, 0.2) is 0 Å². The van der Waals surface area contributed by atoms with Crippen LogP contribution in [0.25, 0.3) is 0 Å². The summed E-state index contributed by atoms with van der Waals surface area (Å²) in [6.07, 6.45) is 5.63. The van der Waals surface area contributed by atoms with E-state index in [9.17, 15) is 0 Å². The lowest BCUT2D eigenvalue weighted by Gasteiger charge is -2.26. The second kappa shape index (κ2) is 3.94. The molecule has 1 saturated carbocycles. The molecular formula is C8H16O2. The van der Waals surface area contributed by atoms with E-state index in [-0.39, 0.29) is 0 Å². The Labute approximate surface area is 62.5 Å². The molecular weight excluding hydrogens is 128 g/mol. The molecule has 1 fully saturated rings. The predicted molar refractivity (Wildman–Crippen MR) is 40.1 cm³/mol. The summed E-state index contributed by atoms with van der Waals surface area (Å²) in [6, 6.07) is 0. The lowest BCUT2D eigenvalue weighted by atomic mass is 9.95. The van der Waals surface area contributed by atoms with Crippen LogP contribution in [0.15, 0.2) is 0 Å². The van der Waals surface area contributed by atoms with Crippen LogP contribution in [-0.2, 0) is 9.47 Å². The second-order valence-electron chi connectivity index (χ2n) is 2.87. The molecule has 0 aromatic heterocycles. The molecule has 2 nitrogen and oxygen atoms in total. The van der Waals surface area contributed by atoms with Crippen molar-refractivity contribution in [3.05, 3.63) is 0 Å². The SMILES string of the molecule is COC1CCC(OC)CC1. The van der Waals surface area contributed by atoms with Crippen molar-refractivity contribution in [2.24, 2.45) is 0 Å². The van der Waals surface area contributed by atoms with Crippen molar-refractivity contribution in [1.82, 2.24) is 0 Å². The summed E-state index contributed by atoms with van der Waals surface area (Å²) in [5, 5.41) is 0. The second-order valence-corrected chi connectivity index (χ2v) is 2.87. The summed E-state index contributed by atoms with van der Waals surface area (Å²) in [4.78, 5) is 0. The predicted octanol–water partition coefficient (Wildman–Crippen LogP) is 1.59. The number of hydrogen-bond acceptors (Lipinski definition) is 2. The molecule has 0 atom stereocenters. The molecule has 60 valence electrons. The monoisotopic (exact) mass is 144 g/mol. The zero-order chi connectivity index (χ0) is 7.40. The molecule has 1 aliphatic rings. The van der Waals surface area contributed by atoms with E-state index < -0.39 is 0 Å². The highest BCUT2D eigenvalue weighted by Gasteiger charge is 2.19. The van der Waals surface area contributed by atoms with Gasteiger partial charge in [-0.3, -0.25) is 0 Å². The first-order valence-corrected chi connectivity index (χ1v) is 3.92. The first kappa shape index (κ1) is 8.02. The van der Waals surface area contributed by atoms with Gasteiger partial charge in [-0.2, -0.15) is 0 Å². The molecule has 0 aromatic carbocycles. The van der Waals surface area contributed by atoms with Gasteiger partial charge in [-0.25, -0.2) is 0 Å². The molecule has 0 aromatic rings. The highest BCUT2D eigenvalue weighted by Crippen LogP contribution is 2.21. The van der Waals surface area contributed by atoms with E-state index in [1.807, 2.05) is 0 Å². The van der Waals surface area contributed by atoms with Crippen LogP contribution < -0.4 is 0 Å². The van der Waals surface area contributed by atoms with Gasteiger partial charge in [-0.15, -0.1) is 0 Å². The van der Waals surface area contributed by atoms with Crippen LogP contribution in [0.3, 0.4) is 0 Å². The Bertz CT molecular complexity index is 73.3. The number of rotatable bonds is 2. The van der Waals surface area contributed by atoms with Gasteiger partial charge >= 0.3 is 0 Å². The van der Waals surface area contributed by atoms with Crippen LogP contribution >= 0.6 is 0 Å². The van der Waals surface area contributed by atoms with Crippen LogP contribution in [0, 0.1) is 0 Å². The molecule has 0 unspecified atom stereocenters. The van der Waals surface area contributed by atoms with Crippen LogP contribution in [0.2, 0.25) is 0 Å². The molecule has 2 heteroatoms. The molecule has 1 rings (SSSR count). The summed E-state index contributed by atoms with van der Waals surface area (Å²) in [6.45, 7) is 0. The van der Waals surface area contributed by atoms with Crippen molar-refractivity contribution in [3.8, 4) is 0 Å². The average molecular weight is 144 g/mol. The summed E-state index contributed by atoms with van der Waals surface area (Å²) in [5.41, 5.74) is 0. The maximum Gasteiger partial charge on any atom is 0.0573 e. The minimum absolute atomic E-state index is 0.492. The van der Waals surface area contributed by atoms with Gasteiger partial charge in [0.25, 0.3) is 0 Å². The standard InChI is InChI=1S/C8H16O2/c1-9-7-3-5-8(10-2)6-4-7/h7-8H,3-6H2,1-2H3. The van der Waals surface area contributed by atoms with E-state index in [0.717, 1.165) is 25.7 Å². The molecule has 0 saturated heterocycles. The number of ether oxygens (including phenoxy) is 2. The molecule has 0 bridgehead atoms. The molecule has 0 N–H and O–H groups in total. The fraction of sp³-hybridized carbons (Fsp3) is 1.00. The van der Waals surface area contributed by atoms with Crippen LogP contribution in [0.1, 0.15) is 25.7 Å². The normalized spacial score (nSPS) is 34.2. The zero-order valence-corrected chi connectivity index (χ0v) is 6.80. The molecule has 1 aliphatic carbocycles. The molecule has 0 radical (unpaired) electrons. The van der Waals surface area contributed by atoms with E-state index in [2.05, 4.69) is 0 Å². The van der Waals surface area contributed by atoms with E-state index in [1.54, 1.807) is 14.2 Å². The summed E-state index contributed by atoms with van der Waals surface area (Å²) in [7, 11) is 3.58. The third-order valence-corrected chi connectivity index (χ3v) is 2.29. The van der Waals surface area contributed by atoms with Gasteiger partial charge in [-0.05, 0) is 25.7 Å². The van der Waals surface area contributed by atoms with E-state index in [1.165, 1.54) is 0 Å². The van der Waals surface area contributed by atoms with Crippen molar-refractivity contribution in [2.45, 2.75) is 37.9 Å². The van der Waals surface area contributed by atoms with Gasteiger partial charge in [0.2, 0.25) is 0 Å². The molecule has 10 heavy (non-hydrogen) atoms. The van der Waals surface area contributed by atoms with E-state index >= 15 is 0 Å². The summed E-state index contributed by atoms with van der Waals surface area (Å²) < 4.78 is 10.5. The van der Waals surface area contributed by atoms with E-state index in [4.69, 9.17) is 9.47 Å². The number of hydrogen-bond donors (Lipinski definition) is 0. The van der Waals surface area contributed by atoms with Crippen molar-refractivity contribution in [2.75, 3.05) is 14.2 Å². The largest absolute Gasteiger partial charge is 0.381 e. The lowest BCUT2D eigenvalue weighted by Crippen LogP contribution is -2.24. The van der Waals surface area contributed by atoms with Crippen molar-refractivity contribution in [3.63, 3.8) is 0 Å². The first-order valence-electron chi connectivity index (χ1n) is 3.92. The Morgan fingerprint density at radius 1 is 0.800 bits per heavy atom. The van der Waals surface area contributed by atoms with Gasteiger partial charge in [-0.1, -0.05) is 0 Å². The topological polar surface area (TPSA) is 18.5 Å². The Morgan fingerprint density at radius 3 is 1.30 bits per heavy atom. The van der Waals surface area contributed by atoms with Crippen LogP contribution in [-0.4, -0.2) is 26.4 Å². The first-order chi connectivity index (χ1) is 4.86.